The topological polar surface area (TPSA) is 64.1 Å². The molecule has 54 valence electrons. The van der Waals surface area contributed by atoms with E-state index in [4.69, 9.17) is 5.73 Å². The van der Waals surface area contributed by atoms with Crippen LogP contribution in [0.1, 0.15) is 6.92 Å². The van der Waals surface area contributed by atoms with Gasteiger partial charge in [0.2, 0.25) is 0 Å². The first-order chi connectivity index (χ1) is 3.83. The van der Waals surface area contributed by atoms with Crippen LogP contribution in [0.2, 0.25) is 0 Å². The quantitative estimate of drug-likeness (QED) is 0.400. The van der Waals surface area contributed by atoms with Crippen LogP contribution in [0.5, 0.6) is 0 Å². The predicted octanol–water partition coefficient (Wildman–Crippen LogP) is -0.624. The predicted molar refractivity (Wildman–Crippen MR) is 39.8 cm³/mol. The van der Waals surface area contributed by atoms with Gasteiger partial charge in [-0.15, -0.1) is 0 Å². The van der Waals surface area contributed by atoms with Crippen LogP contribution >= 0.6 is 0 Å². The average Bonchev–Trinajstić information content (AvgIpc) is 1.75. The van der Waals surface area contributed by atoms with Crippen LogP contribution in [0.3, 0.4) is 0 Å². The van der Waals surface area contributed by atoms with Crippen LogP contribution in [0, 0.1) is 0 Å². The third kappa shape index (κ3) is 9720. The van der Waals surface area contributed by atoms with E-state index in [0.29, 0.717) is 0 Å². The number of hydrogen-bond donors (Lipinski definition) is 3. The van der Waals surface area contributed by atoms with Gasteiger partial charge in [-0.3, -0.25) is 0 Å². The van der Waals surface area contributed by atoms with Crippen molar-refractivity contribution in [3.63, 3.8) is 0 Å². The third-order valence-corrected chi connectivity index (χ3v) is 0. The summed E-state index contributed by atoms with van der Waals surface area (Å²) in [6.07, 6.45) is 0. The van der Waals surface area contributed by atoms with Crippen molar-refractivity contribution >= 4 is 0 Å². The minimum Gasteiger partial charge on any atom is -0.333 e. The first-order valence-electron chi connectivity index (χ1n) is 2.69. The van der Waals surface area contributed by atoms with Crippen molar-refractivity contribution in [3.05, 3.63) is 0 Å². The third-order valence-electron chi connectivity index (χ3n) is 0. The van der Waals surface area contributed by atoms with Gasteiger partial charge in [0.1, 0.15) is 0 Å². The summed E-state index contributed by atoms with van der Waals surface area (Å²) in [6, 6.07) is 0. The molecule has 0 saturated heterocycles. The van der Waals surface area contributed by atoms with E-state index in [2.05, 4.69) is 11.1 Å². The molecular weight excluding hydrogens is 102 g/mol. The number of nitrogens with one attached hydrogen (secondary N) is 1. The molecule has 0 heterocycles. The Morgan fingerprint density at radius 3 is 1.25 bits per heavy atom. The molecule has 3 heteroatoms. The zero-order valence-electron chi connectivity index (χ0n) is 6.36. The summed E-state index contributed by atoms with van der Waals surface area (Å²) in [6.45, 7) is 2.65. The van der Waals surface area contributed by atoms with Crippen molar-refractivity contribution in [1.29, 1.82) is 0 Å². The van der Waals surface area contributed by atoms with Gasteiger partial charge in [0.25, 0.3) is 0 Å². The van der Waals surface area contributed by atoms with E-state index in [1.54, 1.807) is 0 Å². The zero-order chi connectivity index (χ0) is 7.41. The van der Waals surface area contributed by atoms with Gasteiger partial charge in [0.15, 0.2) is 0 Å². The molecule has 0 aromatic rings. The van der Waals surface area contributed by atoms with E-state index < -0.39 is 0 Å². The lowest BCUT2D eigenvalue weighted by Gasteiger charge is -1.59. The lowest BCUT2D eigenvalue weighted by molar-refractivity contribution is 1.02. The second kappa shape index (κ2) is 67.3. The number of hydrogen-bond acceptors (Lipinski definition) is 3. The summed E-state index contributed by atoms with van der Waals surface area (Å²) in [5, 5.41) is 2.75. The van der Waals surface area contributed by atoms with E-state index in [-0.39, 0.29) is 0 Å². The molecule has 0 aromatic heterocycles. The highest BCUT2D eigenvalue weighted by molar-refractivity contribution is 4.00. The van der Waals surface area contributed by atoms with Crippen molar-refractivity contribution in [3.8, 4) is 0 Å². The molecule has 0 aromatic carbocycles. The molecule has 0 amide bonds. The summed E-state index contributed by atoms with van der Waals surface area (Å²) in [5.41, 5.74) is 9.35. The highest BCUT2D eigenvalue weighted by Gasteiger charge is 1.32. The molecule has 8 heavy (non-hydrogen) atoms. The Bertz CT molecular complexity index is 9.64. The fraction of sp³-hybridized carbons (Fsp3) is 1.00. The lowest BCUT2D eigenvalue weighted by atomic mass is 10.8. The maximum absolute atomic E-state index is 4.85. The highest BCUT2D eigenvalue weighted by atomic mass is 14.7. The summed E-state index contributed by atoms with van der Waals surface area (Å²) in [4.78, 5) is 0. The normalized spacial score (nSPS) is 5.25. The van der Waals surface area contributed by atoms with E-state index in [1.807, 2.05) is 21.0 Å². The minimum absolute atomic E-state index is 0.750. The number of rotatable bonds is 0. The van der Waals surface area contributed by atoms with Crippen LogP contribution in [0.15, 0.2) is 0 Å². The fourth-order valence-electron chi connectivity index (χ4n) is 0. The molecule has 0 aliphatic carbocycles. The summed E-state index contributed by atoms with van der Waals surface area (Å²) < 4.78 is 0. The molecule has 0 fully saturated rings. The molecule has 0 radical (unpaired) electrons. The molecule has 5 N–H and O–H groups in total. The van der Waals surface area contributed by atoms with Gasteiger partial charge in [-0.05, 0) is 27.7 Å². The maximum atomic E-state index is 4.85. The Labute approximate surface area is 52.4 Å². The van der Waals surface area contributed by atoms with Crippen molar-refractivity contribution in [2.75, 3.05) is 27.7 Å². The Balaban J connectivity index is -0.0000000483. The van der Waals surface area contributed by atoms with Gasteiger partial charge < -0.3 is 16.8 Å². The Hall–Kier alpha value is -0.120. The maximum Gasteiger partial charge on any atom is -0.0106 e. The molecular formula is C5H19N3. The first kappa shape index (κ1) is 15.7. The molecule has 0 aliphatic rings. The summed E-state index contributed by atoms with van der Waals surface area (Å²) in [5.74, 6) is 0. The van der Waals surface area contributed by atoms with E-state index in [9.17, 15) is 0 Å². The Morgan fingerprint density at radius 2 is 1.25 bits per heavy atom. The van der Waals surface area contributed by atoms with E-state index in [0.717, 1.165) is 6.54 Å². The van der Waals surface area contributed by atoms with E-state index >= 15 is 0 Å². The first-order valence-corrected chi connectivity index (χ1v) is 2.69. The van der Waals surface area contributed by atoms with Crippen molar-refractivity contribution in [2.45, 2.75) is 6.92 Å². The molecule has 0 spiro atoms. The van der Waals surface area contributed by atoms with Crippen molar-refractivity contribution in [2.24, 2.45) is 11.5 Å². The van der Waals surface area contributed by atoms with Crippen LogP contribution < -0.4 is 16.8 Å². The molecule has 0 rings (SSSR count). The van der Waals surface area contributed by atoms with Crippen molar-refractivity contribution < 1.29 is 0 Å². The van der Waals surface area contributed by atoms with Crippen LogP contribution in [-0.2, 0) is 0 Å². The Kier molecular flexibility index (Phi) is 132. The molecule has 0 saturated carbocycles. The fourth-order valence-corrected chi connectivity index (χ4v) is 0. The molecule has 3 nitrogen and oxygen atoms in total. The molecule has 0 bridgehead atoms. The van der Waals surface area contributed by atoms with Gasteiger partial charge in [0, 0.05) is 0 Å². The molecule has 0 atom stereocenters. The standard InChI is InChI=1S/2C2H7N.CH5N/c1-3-2;1-2-3;1-2/h3H,1-2H3;2-3H2,1H3;2H2,1H3. The average molecular weight is 121 g/mol. The van der Waals surface area contributed by atoms with Crippen LogP contribution in [-0.4, -0.2) is 27.7 Å². The SMILES string of the molecule is CCN.CN.CNC. The molecule has 0 aliphatic heterocycles. The minimum atomic E-state index is 0.750. The van der Waals surface area contributed by atoms with Gasteiger partial charge in [-0.25, -0.2) is 0 Å². The summed E-state index contributed by atoms with van der Waals surface area (Å²) in [7, 11) is 5.25. The van der Waals surface area contributed by atoms with Crippen LogP contribution in [0.4, 0.5) is 0 Å². The van der Waals surface area contributed by atoms with E-state index in [1.165, 1.54) is 7.05 Å². The monoisotopic (exact) mass is 121 g/mol. The second-order valence-electron chi connectivity index (χ2n) is 0.908. The molecule has 0 unspecified atom stereocenters. The van der Waals surface area contributed by atoms with Gasteiger partial charge >= 0.3 is 0 Å². The van der Waals surface area contributed by atoms with Crippen molar-refractivity contribution in [1.82, 2.24) is 5.32 Å². The van der Waals surface area contributed by atoms with Crippen LogP contribution in [0.25, 0.3) is 0 Å². The highest BCUT2D eigenvalue weighted by Crippen LogP contribution is 1.20. The second-order valence-corrected chi connectivity index (χ2v) is 0.908. The van der Waals surface area contributed by atoms with Gasteiger partial charge in [0.05, 0.1) is 0 Å². The zero-order valence-corrected chi connectivity index (χ0v) is 6.36. The van der Waals surface area contributed by atoms with Gasteiger partial charge in [-0.1, -0.05) is 6.92 Å². The smallest absolute Gasteiger partial charge is 0.0106 e. The lowest BCUT2D eigenvalue weighted by Crippen LogP contribution is -1.89. The number of nitrogens with two attached hydrogens (primary N) is 2. The largest absolute Gasteiger partial charge is 0.333 e. The Morgan fingerprint density at radius 1 is 1.25 bits per heavy atom. The summed E-state index contributed by atoms with van der Waals surface area (Å²) >= 11 is 0. The van der Waals surface area contributed by atoms with Gasteiger partial charge in [-0.2, -0.15) is 0 Å².